The van der Waals surface area contributed by atoms with E-state index in [1.165, 1.54) is 18.4 Å². The molecule has 0 bridgehead atoms. The maximum atomic E-state index is 11.0. The lowest BCUT2D eigenvalue weighted by Gasteiger charge is -2.13. The second-order valence-corrected chi connectivity index (χ2v) is 6.47. The molecule has 0 radical (unpaired) electrons. The van der Waals surface area contributed by atoms with Gasteiger partial charge in [0.05, 0.1) is 12.2 Å². The van der Waals surface area contributed by atoms with Gasteiger partial charge in [0.15, 0.2) is 0 Å². The third kappa shape index (κ3) is 4.59. The van der Waals surface area contributed by atoms with Crippen molar-refractivity contribution in [3.63, 3.8) is 0 Å². The topological polar surface area (TPSA) is 58.6 Å². The van der Waals surface area contributed by atoms with Gasteiger partial charge < -0.3 is 15.2 Å². The molecule has 0 aliphatic heterocycles. The molecule has 0 amide bonds. The molecule has 3 rings (SSSR count). The van der Waals surface area contributed by atoms with Gasteiger partial charge in [0.25, 0.3) is 0 Å². The van der Waals surface area contributed by atoms with Crippen molar-refractivity contribution in [2.75, 3.05) is 6.61 Å². The first kappa shape index (κ1) is 16.5. The molecule has 2 aromatic rings. The van der Waals surface area contributed by atoms with Gasteiger partial charge in [-0.3, -0.25) is 0 Å². The quantitative estimate of drug-likeness (QED) is 0.775. The molecule has 126 valence electrons. The highest BCUT2D eigenvalue weighted by Gasteiger charge is 2.22. The number of hydrogen-bond acceptors (Lipinski definition) is 3. The Bertz CT molecular complexity index is 723. The first-order chi connectivity index (χ1) is 11.6. The maximum Gasteiger partial charge on any atom is 0.335 e. The summed E-state index contributed by atoms with van der Waals surface area (Å²) in [5, 5.41) is 12.4. The summed E-state index contributed by atoms with van der Waals surface area (Å²) >= 11 is 0. The van der Waals surface area contributed by atoms with E-state index < -0.39 is 5.97 Å². The summed E-state index contributed by atoms with van der Waals surface area (Å²) in [5.74, 6) is 0.782. The van der Waals surface area contributed by atoms with Crippen LogP contribution < -0.4 is 10.1 Å². The Morgan fingerprint density at radius 2 is 2.04 bits per heavy atom. The van der Waals surface area contributed by atoms with E-state index in [1.807, 2.05) is 6.07 Å². The number of carboxylic acid groups (broad SMARTS) is 1. The molecular formula is C20H23NO3. The summed E-state index contributed by atoms with van der Waals surface area (Å²) in [6, 6.07) is 13.3. The summed E-state index contributed by atoms with van der Waals surface area (Å²) in [4.78, 5) is 11.0. The molecular weight excluding hydrogens is 302 g/mol. The molecule has 2 N–H and O–H groups in total. The van der Waals surface area contributed by atoms with Crippen molar-refractivity contribution in [2.45, 2.75) is 32.9 Å². The largest absolute Gasteiger partial charge is 0.493 e. The lowest BCUT2D eigenvalue weighted by atomic mass is 10.1. The van der Waals surface area contributed by atoms with Gasteiger partial charge in [0.2, 0.25) is 0 Å². The first-order valence-corrected chi connectivity index (χ1v) is 8.37. The van der Waals surface area contributed by atoms with Crippen molar-refractivity contribution >= 4 is 5.97 Å². The van der Waals surface area contributed by atoms with Crippen LogP contribution in [0.1, 0.15) is 39.9 Å². The number of ether oxygens (including phenoxy) is 1. The molecule has 1 aliphatic rings. The Labute approximate surface area is 142 Å². The summed E-state index contributed by atoms with van der Waals surface area (Å²) in [7, 11) is 0. The lowest BCUT2D eigenvalue weighted by Crippen LogP contribution is -2.14. The van der Waals surface area contributed by atoms with Crippen LogP contribution in [0.15, 0.2) is 42.5 Å². The normalized spacial score (nSPS) is 13.7. The Hall–Kier alpha value is -2.33. The van der Waals surface area contributed by atoms with Crippen molar-refractivity contribution < 1.29 is 14.6 Å². The number of aryl methyl sites for hydroxylation is 1. The number of carboxylic acids is 1. The Morgan fingerprint density at radius 1 is 1.21 bits per heavy atom. The molecule has 1 aliphatic carbocycles. The van der Waals surface area contributed by atoms with E-state index in [0.29, 0.717) is 18.7 Å². The zero-order chi connectivity index (χ0) is 16.9. The van der Waals surface area contributed by atoms with Gasteiger partial charge >= 0.3 is 5.97 Å². The van der Waals surface area contributed by atoms with Gasteiger partial charge in [0, 0.05) is 18.7 Å². The van der Waals surface area contributed by atoms with E-state index in [9.17, 15) is 4.79 Å². The standard InChI is InChI=1S/C20H23NO3/c1-14-5-8-18(19(9-14)24-13-15-6-7-15)12-21-11-16-3-2-4-17(10-16)20(22)23/h2-5,8-10,15,21H,6-7,11-13H2,1H3,(H,22,23). The minimum atomic E-state index is -0.897. The minimum Gasteiger partial charge on any atom is -0.493 e. The van der Waals surface area contributed by atoms with Gasteiger partial charge in [-0.1, -0.05) is 24.3 Å². The van der Waals surface area contributed by atoms with Crippen LogP contribution in [0.3, 0.4) is 0 Å². The van der Waals surface area contributed by atoms with Gasteiger partial charge in [0.1, 0.15) is 5.75 Å². The van der Waals surface area contributed by atoms with Gasteiger partial charge in [-0.25, -0.2) is 4.79 Å². The third-order valence-corrected chi connectivity index (χ3v) is 4.21. The fourth-order valence-electron chi connectivity index (χ4n) is 2.59. The van der Waals surface area contributed by atoms with Crippen molar-refractivity contribution in [1.29, 1.82) is 0 Å². The van der Waals surface area contributed by atoms with E-state index in [0.717, 1.165) is 29.4 Å². The molecule has 1 fully saturated rings. The fourth-order valence-corrected chi connectivity index (χ4v) is 2.59. The molecule has 24 heavy (non-hydrogen) atoms. The molecule has 0 atom stereocenters. The van der Waals surface area contributed by atoms with E-state index in [2.05, 4.69) is 30.4 Å². The second kappa shape index (κ2) is 7.49. The highest BCUT2D eigenvalue weighted by molar-refractivity contribution is 5.87. The zero-order valence-electron chi connectivity index (χ0n) is 13.9. The molecule has 0 saturated heterocycles. The number of nitrogens with one attached hydrogen (secondary N) is 1. The summed E-state index contributed by atoms with van der Waals surface area (Å²) in [5.41, 5.74) is 3.61. The SMILES string of the molecule is Cc1ccc(CNCc2cccc(C(=O)O)c2)c(OCC2CC2)c1. The van der Waals surface area contributed by atoms with Gasteiger partial charge in [-0.2, -0.15) is 0 Å². The highest BCUT2D eigenvalue weighted by atomic mass is 16.5. The van der Waals surface area contributed by atoms with Crippen molar-refractivity contribution in [3.8, 4) is 5.75 Å². The van der Waals surface area contributed by atoms with E-state index in [1.54, 1.807) is 18.2 Å². The van der Waals surface area contributed by atoms with Crippen molar-refractivity contribution in [2.24, 2.45) is 5.92 Å². The number of carbonyl (C=O) groups is 1. The van der Waals surface area contributed by atoms with Crippen LogP contribution in [0, 0.1) is 12.8 Å². The molecule has 1 saturated carbocycles. The smallest absolute Gasteiger partial charge is 0.335 e. The van der Waals surface area contributed by atoms with Gasteiger partial charge in [-0.15, -0.1) is 0 Å². The maximum absolute atomic E-state index is 11.0. The summed E-state index contributed by atoms with van der Waals surface area (Å²) < 4.78 is 5.98. The average Bonchev–Trinajstić information content (AvgIpc) is 3.39. The van der Waals surface area contributed by atoms with Gasteiger partial charge in [-0.05, 0) is 55.0 Å². The van der Waals surface area contributed by atoms with Crippen molar-refractivity contribution in [1.82, 2.24) is 5.32 Å². The number of hydrogen-bond donors (Lipinski definition) is 2. The van der Waals surface area contributed by atoms with Crippen LogP contribution in [0.4, 0.5) is 0 Å². The van der Waals surface area contributed by atoms with Crippen LogP contribution in [-0.2, 0) is 13.1 Å². The number of aromatic carboxylic acids is 1. The molecule has 2 aromatic carbocycles. The third-order valence-electron chi connectivity index (χ3n) is 4.21. The Morgan fingerprint density at radius 3 is 2.79 bits per heavy atom. The monoisotopic (exact) mass is 325 g/mol. The van der Waals surface area contributed by atoms with E-state index >= 15 is 0 Å². The molecule has 0 heterocycles. The lowest BCUT2D eigenvalue weighted by molar-refractivity contribution is 0.0696. The fraction of sp³-hybridized carbons (Fsp3) is 0.350. The molecule has 0 unspecified atom stereocenters. The molecule has 4 nitrogen and oxygen atoms in total. The molecule has 0 aromatic heterocycles. The van der Waals surface area contributed by atoms with Crippen LogP contribution in [0.5, 0.6) is 5.75 Å². The zero-order valence-corrected chi connectivity index (χ0v) is 13.9. The van der Waals surface area contributed by atoms with Crippen LogP contribution >= 0.6 is 0 Å². The highest BCUT2D eigenvalue weighted by Crippen LogP contribution is 2.30. The number of rotatable bonds is 8. The molecule has 0 spiro atoms. The second-order valence-electron chi connectivity index (χ2n) is 6.47. The predicted molar refractivity (Wildman–Crippen MR) is 93.3 cm³/mol. The average molecular weight is 325 g/mol. The minimum absolute atomic E-state index is 0.318. The Balaban J connectivity index is 1.59. The van der Waals surface area contributed by atoms with E-state index in [-0.39, 0.29) is 0 Å². The summed E-state index contributed by atoms with van der Waals surface area (Å²) in [6.07, 6.45) is 2.55. The first-order valence-electron chi connectivity index (χ1n) is 8.37. The number of benzene rings is 2. The van der Waals surface area contributed by atoms with Crippen LogP contribution in [0.2, 0.25) is 0 Å². The van der Waals surface area contributed by atoms with E-state index in [4.69, 9.17) is 9.84 Å². The van der Waals surface area contributed by atoms with Crippen LogP contribution in [0.25, 0.3) is 0 Å². The predicted octanol–water partition coefficient (Wildman–Crippen LogP) is 3.77. The molecule has 4 heteroatoms. The van der Waals surface area contributed by atoms with Crippen LogP contribution in [-0.4, -0.2) is 17.7 Å². The van der Waals surface area contributed by atoms with Crippen molar-refractivity contribution in [3.05, 3.63) is 64.7 Å². The summed E-state index contributed by atoms with van der Waals surface area (Å²) in [6.45, 7) is 4.18. The Kier molecular flexibility index (Phi) is 5.16.